The molecule has 33 heavy (non-hydrogen) atoms. The van der Waals surface area contributed by atoms with E-state index in [0.29, 0.717) is 16.5 Å². The molecular formula is C22H20FN7O3. The molecule has 2 aromatic carbocycles. The minimum atomic E-state index is -0.743. The third-order valence-corrected chi connectivity index (χ3v) is 4.64. The van der Waals surface area contributed by atoms with Crippen molar-refractivity contribution >= 4 is 34.3 Å². The first kappa shape index (κ1) is 21.8. The number of ether oxygens (including phenoxy) is 1. The fourth-order valence-corrected chi connectivity index (χ4v) is 3.13. The van der Waals surface area contributed by atoms with Crippen LogP contribution >= 0.6 is 0 Å². The van der Waals surface area contributed by atoms with Crippen LogP contribution in [-0.4, -0.2) is 30.7 Å². The molecule has 4 aromatic rings. The number of anilines is 3. The third-order valence-electron chi connectivity index (χ3n) is 4.64. The highest BCUT2D eigenvalue weighted by Crippen LogP contribution is 2.17. The van der Waals surface area contributed by atoms with Gasteiger partial charge in [0, 0.05) is 11.1 Å². The number of rotatable bonds is 6. The molecule has 0 radical (unpaired) electrons. The Bertz CT molecular complexity index is 1390. The van der Waals surface area contributed by atoms with Crippen LogP contribution in [0.1, 0.15) is 36.2 Å². The second-order valence-corrected chi connectivity index (χ2v) is 7.38. The zero-order chi connectivity index (χ0) is 23.5. The molecular weight excluding hydrogens is 429 g/mol. The lowest BCUT2D eigenvalue weighted by atomic mass is 10.1. The van der Waals surface area contributed by atoms with Gasteiger partial charge >= 0.3 is 5.97 Å². The zero-order valence-corrected chi connectivity index (χ0v) is 17.8. The summed E-state index contributed by atoms with van der Waals surface area (Å²) in [5.41, 5.74) is 6.00. The number of carbonyl (C=O) groups excluding carboxylic acids is 1. The maximum Gasteiger partial charge on any atom is 0.359 e. The minimum absolute atomic E-state index is 0.00517. The van der Waals surface area contributed by atoms with E-state index >= 15 is 0 Å². The average molecular weight is 449 g/mol. The Morgan fingerprint density at radius 2 is 1.79 bits per heavy atom. The number of halogens is 1. The van der Waals surface area contributed by atoms with Crippen molar-refractivity contribution in [1.29, 1.82) is 0 Å². The fraction of sp³-hybridized carbons (Fsp3) is 0.182. The summed E-state index contributed by atoms with van der Waals surface area (Å²) in [5, 5.41) is 7.85. The largest absolute Gasteiger partial charge is 0.453 e. The normalized spacial score (nSPS) is 11.0. The molecule has 0 spiro atoms. The van der Waals surface area contributed by atoms with Gasteiger partial charge in [-0.15, -0.1) is 0 Å². The van der Waals surface area contributed by atoms with Gasteiger partial charge in [0.1, 0.15) is 5.82 Å². The molecule has 3 N–H and O–H groups in total. The molecule has 0 saturated carbocycles. The second kappa shape index (κ2) is 8.99. The SMILES string of the molecule is CC(C)n1nc(C(=O)OCc2nc(N)nc(Nc3ccc(F)cc3)n2)c2ccccc2c1=O. The van der Waals surface area contributed by atoms with Gasteiger partial charge in [0.25, 0.3) is 5.56 Å². The number of nitrogen functional groups attached to an aromatic ring is 1. The summed E-state index contributed by atoms with van der Waals surface area (Å²) in [6.07, 6.45) is 0. The van der Waals surface area contributed by atoms with Gasteiger partial charge in [-0.3, -0.25) is 4.79 Å². The van der Waals surface area contributed by atoms with Crippen LogP contribution in [0.5, 0.6) is 0 Å². The van der Waals surface area contributed by atoms with Crippen LogP contribution < -0.4 is 16.6 Å². The molecule has 0 atom stereocenters. The molecule has 2 aromatic heterocycles. The van der Waals surface area contributed by atoms with Crippen LogP contribution in [0.2, 0.25) is 0 Å². The van der Waals surface area contributed by atoms with Gasteiger partial charge in [-0.05, 0) is 44.2 Å². The summed E-state index contributed by atoms with van der Waals surface area (Å²) in [5.74, 6) is -1.00. The van der Waals surface area contributed by atoms with Gasteiger partial charge in [-0.2, -0.15) is 20.1 Å². The molecule has 168 valence electrons. The van der Waals surface area contributed by atoms with Gasteiger partial charge in [0.15, 0.2) is 18.1 Å². The lowest BCUT2D eigenvalue weighted by Crippen LogP contribution is -2.28. The number of carbonyl (C=O) groups is 1. The Labute approximate surface area is 187 Å². The zero-order valence-electron chi connectivity index (χ0n) is 17.8. The van der Waals surface area contributed by atoms with Gasteiger partial charge < -0.3 is 15.8 Å². The second-order valence-electron chi connectivity index (χ2n) is 7.38. The van der Waals surface area contributed by atoms with Crippen molar-refractivity contribution in [1.82, 2.24) is 24.7 Å². The number of hydrogen-bond acceptors (Lipinski definition) is 9. The molecule has 2 heterocycles. The monoisotopic (exact) mass is 449 g/mol. The molecule has 4 rings (SSSR count). The van der Waals surface area contributed by atoms with Crippen molar-refractivity contribution in [3.05, 3.63) is 76.2 Å². The topological polar surface area (TPSA) is 138 Å². The lowest BCUT2D eigenvalue weighted by Gasteiger charge is -2.13. The van der Waals surface area contributed by atoms with Crippen LogP contribution in [0.4, 0.5) is 22.0 Å². The Balaban J connectivity index is 1.57. The number of hydrogen-bond donors (Lipinski definition) is 2. The van der Waals surface area contributed by atoms with E-state index in [1.54, 1.807) is 38.1 Å². The van der Waals surface area contributed by atoms with E-state index in [-0.39, 0.29) is 47.4 Å². The molecule has 0 bridgehead atoms. The van der Waals surface area contributed by atoms with Crippen molar-refractivity contribution in [3.63, 3.8) is 0 Å². The minimum Gasteiger partial charge on any atom is -0.453 e. The van der Waals surface area contributed by atoms with Crippen molar-refractivity contribution in [2.75, 3.05) is 11.1 Å². The van der Waals surface area contributed by atoms with Crippen LogP contribution in [0.15, 0.2) is 53.3 Å². The van der Waals surface area contributed by atoms with Crippen LogP contribution in [0.25, 0.3) is 10.8 Å². The standard InChI is InChI=1S/C22H20FN7O3/c1-12(2)30-19(31)16-6-4-3-5-15(16)18(29-30)20(32)33-11-17-26-21(24)28-22(27-17)25-14-9-7-13(23)8-10-14/h3-10,12H,11H2,1-2H3,(H3,24,25,26,27,28). The van der Waals surface area contributed by atoms with Gasteiger partial charge in [-0.1, -0.05) is 18.2 Å². The third kappa shape index (κ3) is 4.76. The van der Waals surface area contributed by atoms with Crippen LogP contribution in [0.3, 0.4) is 0 Å². The molecule has 0 aliphatic heterocycles. The van der Waals surface area contributed by atoms with Crippen LogP contribution in [0, 0.1) is 5.82 Å². The summed E-state index contributed by atoms with van der Waals surface area (Å²) in [7, 11) is 0. The Morgan fingerprint density at radius 3 is 2.48 bits per heavy atom. The first-order valence-electron chi connectivity index (χ1n) is 10.0. The maximum absolute atomic E-state index is 13.1. The molecule has 10 nitrogen and oxygen atoms in total. The maximum atomic E-state index is 13.1. The molecule has 0 amide bonds. The van der Waals surface area contributed by atoms with Crippen molar-refractivity contribution in [2.45, 2.75) is 26.5 Å². The molecule has 0 saturated heterocycles. The number of benzene rings is 2. The van der Waals surface area contributed by atoms with Crippen molar-refractivity contribution in [2.24, 2.45) is 0 Å². The number of esters is 1. The summed E-state index contributed by atoms with van der Waals surface area (Å²) in [6.45, 7) is 3.28. The summed E-state index contributed by atoms with van der Waals surface area (Å²) >= 11 is 0. The molecule has 11 heteroatoms. The first-order chi connectivity index (χ1) is 15.8. The number of fused-ring (bicyclic) bond motifs is 1. The highest BCUT2D eigenvalue weighted by Gasteiger charge is 2.19. The predicted octanol–water partition coefficient (Wildman–Crippen LogP) is 2.98. The number of nitrogens with two attached hydrogens (primary N) is 1. The molecule has 0 fully saturated rings. The van der Waals surface area contributed by atoms with Crippen molar-refractivity contribution < 1.29 is 13.9 Å². The van der Waals surface area contributed by atoms with E-state index in [1.165, 1.54) is 28.9 Å². The van der Waals surface area contributed by atoms with E-state index in [0.717, 1.165) is 0 Å². The fourth-order valence-electron chi connectivity index (χ4n) is 3.13. The molecule has 0 unspecified atom stereocenters. The average Bonchev–Trinajstić information content (AvgIpc) is 2.79. The van der Waals surface area contributed by atoms with E-state index < -0.39 is 5.97 Å². The summed E-state index contributed by atoms with van der Waals surface area (Å²) < 4.78 is 19.7. The number of nitrogens with zero attached hydrogens (tertiary/aromatic N) is 5. The highest BCUT2D eigenvalue weighted by molar-refractivity contribution is 6.02. The van der Waals surface area contributed by atoms with E-state index in [4.69, 9.17) is 10.5 Å². The van der Waals surface area contributed by atoms with Crippen LogP contribution in [-0.2, 0) is 11.3 Å². The number of aromatic nitrogens is 5. The number of nitrogens with one attached hydrogen (secondary N) is 1. The smallest absolute Gasteiger partial charge is 0.359 e. The van der Waals surface area contributed by atoms with E-state index in [9.17, 15) is 14.0 Å². The van der Waals surface area contributed by atoms with E-state index in [1.807, 2.05) is 0 Å². The molecule has 0 aliphatic carbocycles. The summed E-state index contributed by atoms with van der Waals surface area (Å²) in [6, 6.07) is 12.0. The lowest BCUT2D eigenvalue weighted by molar-refractivity contribution is 0.0454. The highest BCUT2D eigenvalue weighted by atomic mass is 19.1. The van der Waals surface area contributed by atoms with E-state index in [2.05, 4.69) is 25.4 Å². The summed E-state index contributed by atoms with van der Waals surface area (Å²) in [4.78, 5) is 37.6. The Kier molecular flexibility index (Phi) is 5.94. The first-order valence-corrected chi connectivity index (χ1v) is 10.0. The van der Waals surface area contributed by atoms with Gasteiger partial charge in [0.05, 0.1) is 11.4 Å². The van der Waals surface area contributed by atoms with Gasteiger partial charge in [-0.25, -0.2) is 13.9 Å². The Morgan fingerprint density at radius 1 is 1.09 bits per heavy atom. The van der Waals surface area contributed by atoms with Gasteiger partial charge in [0.2, 0.25) is 11.9 Å². The predicted molar refractivity (Wildman–Crippen MR) is 119 cm³/mol. The Hall–Kier alpha value is -4.41. The molecule has 0 aliphatic rings. The quantitative estimate of drug-likeness (QED) is 0.425. The van der Waals surface area contributed by atoms with Crippen molar-refractivity contribution in [3.8, 4) is 0 Å².